The number of ether oxygens (including phenoxy) is 1. The van der Waals surface area contributed by atoms with Gasteiger partial charge in [-0.1, -0.05) is 42.5 Å². The first-order chi connectivity index (χ1) is 9.90. The molecule has 99 valence electrons. The number of benzene rings is 2. The van der Waals surface area contributed by atoms with Crippen molar-refractivity contribution in [1.29, 1.82) is 0 Å². The van der Waals surface area contributed by atoms with Crippen molar-refractivity contribution in [3.63, 3.8) is 0 Å². The van der Waals surface area contributed by atoms with Gasteiger partial charge in [-0.3, -0.25) is 0 Å². The summed E-state index contributed by atoms with van der Waals surface area (Å²) in [5, 5.41) is 4.73. The molecule has 1 nitrogen and oxygen atoms in total. The third-order valence-electron chi connectivity index (χ3n) is 3.83. The lowest BCUT2D eigenvalue weighted by Gasteiger charge is -2.23. The predicted molar refractivity (Wildman–Crippen MR) is 84.1 cm³/mol. The molecule has 0 amide bonds. The molecule has 0 spiro atoms. The zero-order valence-electron chi connectivity index (χ0n) is 11.1. The van der Waals surface area contributed by atoms with Crippen molar-refractivity contribution >= 4 is 22.1 Å². The summed E-state index contributed by atoms with van der Waals surface area (Å²) < 4.78 is 5.93. The molecule has 0 unspecified atom stereocenters. The van der Waals surface area contributed by atoms with E-state index in [1.54, 1.807) is 11.3 Å². The van der Waals surface area contributed by atoms with Crippen molar-refractivity contribution in [3.8, 4) is 0 Å². The van der Waals surface area contributed by atoms with Crippen LogP contribution >= 0.6 is 11.3 Å². The van der Waals surface area contributed by atoms with E-state index in [1.807, 2.05) is 0 Å². The lowest BCUT2D eigenvalue weighted by Crippen LogP contribution is -2.14. The summed E-state index contributed by atoms with van der Waals surface area (Å²) in [6, 6.07) is 17.3. The third-order valence-corrected chi connectivity index (χ3v) is 4.85. The second-order valence-corrected chi connectivity index (χ2v) is 6.07. The molecule has 0 bridgehead atoms. The highest BCUT2D eigenvalue weighted by molar-refractivity contribution is 7.10. The van der Waals surface area contributed by atoms with Gasteiger partial charge in [-0.2, -0.15) is 0 Å². The van der Waals surface area contributed by atoms with Crippen LogP contribution in [-0.4, -0.2) is 6.61 Å². The number of rotatable bonds is 2. The van der Waals surface area contributed by atoms with Crippen LogP contribution < -0.4 is 0 Å². The SMILES string of the molecule is [CH](c1ccc2ccccc2c1)[C@@H]1OCCc2ccsc21. The molecule has 0 saturated carbocycles. The average molecular weight is 279 g/mol. The quantitative estimate of drug-likeness (QED) is 0.656. The van der Waals surface area contributed by atoms with Gasteiger partial charge in [0.1, 0.15) is 0 Å². The van der Waals surface area contributed by atoms with E-state index in [1.165, 1.54) is 26.8 Å². The van der Waals surface area contributed by atoms with Crippen molar-refractivity contribution < 1.29 is 4.74 Å². The largest absolute Gasteiger partial charge is 0.372 e. The summed E-state index contributed by atoms with van der Waals surface area (Å²) in [5.74, 6) is 0. The van der Waals surface area contributed by atoms with Gasteiger partial charge in [0.15, 0.2) is 0 Å². The Bertz CT molecular complexity index is 744. The van der Waals surface area contributed by atoms with E-state index in [0.29, 0.717) is 0 Å². The maximum Gasteiger partial charge on any atom is 0.0994 e. The molecule has 1 aliphatic rings. The Balaban J connectivity index is 1.65. The third kappa shape index (κ3) is 2.15. The van der Waals surface area contributed by atoms with Crippen LogP contribution in [0, 0.1) is 6.42 Å². The van der Waals surface area contributed by atoms with E-state index in [9.17, 15) is 0 Å². The summed E-state index contributed by atoms with van der Waals surface area (Å²) in [4.78, 5) is 1.37. The lowest BCUT2D eigenvalue weighted by atomic mass is 9.99. The van der Waals surface area contributed by atoms with E-state index in [0.717, 1.165) is 13.0 Å². The van der Waals surface area contributed by atoms with Crippen LogP contribution in [0.2, 0.25) is 0 Å². The molecule has 2 heterocycles. The summed E-state index contributed by atoms with van der Waals surface area (Å²) in [7, 11) is 0. The van der Waals surface area contributed by atoms with Crippen LogP contribution in [0.25, 0.3) is 10.8 Å². The Morgan fingerprint density at radius 3 is 2.90 bits per heavy atom. The van der Waals surface area contributed by atoms with E-state index >= 15 is 0 Å². The normalized spacial score (nSPS) is 18.1. The molecule has 0 aliphatic carbocycles. The molecule has 1 atom stereocenters. The second-order valence-electron chi connectivity index (χ2n) is 5.12. The van der Waals surface area contributed by atoms with E-state index in [4.69, 9.17) is 4.74 Å². The fraction of sp³-hybridized carbons (Fsp3) is 0.167. The van der Waals surface area contributed by atoms with Gasteiger partial charge < -0.3 is 4.74 Å². The minimum atomic E-state index is 0.111. The second kappa shape index (κ2) is 5.04. The van der Waals surface area contributed by atoms with Crippen LogP contribution in [0.3, 0.4) is 0 Å². The predicted octanol–water partition coefficient (Wildman–Crippen LogP) is 4.77. The van der Waals surface area contributed by atoms with Crippen LogP contribution in [0.15, 0.2) is 53.9 Å². The zero-order valence-corrected chi connectivity index (χ0v) is 11.9. The van der Waals surface area contributed by atoms with Gasteiger partial charge in [-0.25, -0.2) is 0 Å². The van der Waals surface area contributed by atoms with Gasteiger partial charge in [-0.15, -0.1) is 11.3 Å². The van der Waals surface area contributed by atoms with Crippen LogP contribution in [0.5, 0.6) is 0 Å². The van der Waals surface area contributed by atoms with Crippen LogP contribution in [0.4, 0.5) is 0 Å². The van der Waals surface area contributed by atoms with Gasteiger partial charge in [-0.05, 0) is 39.8 Å². The van der Waals surface area contributed by atoms with Crippen molar-refractivity contribution in [1.82, 2.24) is 0 Å². The number of hydrogen-bond acceptors (Lipinski definition) is 2. The van der Waals surface area contributed by atoms with Crippen molar-refractivity contribution in [2.75, 3.05) is 6.61 Å². The van der Waals surface area contributed by atoms with E-state index in [-0.39, 0.29) is 6.10 Å². The van der Waals surface area contributed by atoms with Crippen molar-refractivity contribution in [2.45, 2.75) is 12.5 Å². The molecule has 1 aliphatic heterocycles. The first kappa shape index (κ1) is 12.1. The Labute approximate surface area is 122 Å². The molecular weight excluding hydrogens is 264 g/mol. The summed E-state index contributed by atoms with van der Waals surface area (Å²) in [6.07, 6.45) is 3.39. The lowest BCUT2D eigenvalue weighted by molar-refractivity contribution is 0.0694. The average Bonchev–Trinajstić information content (AvgIpc) is 2.97. The molecule has 2 aromatic carbocycles. The van der Waals surface area contributed by atoms with Crippen LogP contribution in [0.1, 0.15) is 22.1 Å². The number of thiophene rings is 1. The molecule has 3 aromatic rings. The number of hydrogen-bond donors (Lipinski definition) is 0. The van der Waals surface area contributed by atoms with Crippen LogP contribution in [-0.2, 0) is 11.2 Å². The maximum absolute atomic E-state index is 5.93. The Morgan fingerprint density at radius 1 is 1.05 bits per heavy atom. The minimum absolute atomic E-state index is 0.111. The van der Waals surface area contributed by atoms with Gasteiger partial charge in [0.05, 0.1) is 12.7 Å². The van der Waals surface area contributed by atoms with Gasteiger partial charge in [0.25, 0.3) is 0 Å². The molecule has 1 aromatic heterocycles. The number of fused-ring (bicyclic) bond motifs is 2. The fourth-order valence-electron chi connectivity index (χ4n) is 2.79. The minimum Gasteiger partial charge on any atom is -0.372 e. The zero-order chi connectivity index (χ0) is 13.4. The topological polar surface area (TPSA) is 9.23 Å². The first-order valence-corrected chi connectivity index (χ1v) is 7.80. The fourth-order valence-corrected chi connectivity index (χ4v) is 3.76. The molecule has 0 N–H and O–H groups in total. The summed E-state index contributed by atoms with van der Waals surface area (Å²) >= 11 is 1.80. The molecule has 2 heteroatoms. The molecular formula is C18H15OS. The molecule has 0 saturated heterocycles. The van der Waals surface area contributed by atoms with Gasteiger partial charge in [0, 0.05) is 11.3 Å². The Hall–Kier alpha value is -1.64. The highest BCUT2D eigenvalue weighted by Gasteiger charge is 2.22. The van der Waals surface area contributed by atoms with E-state index in [2.05, 4.69) is 60.3 Å². The standard InChI is InChI=1S/C18H15OS/c1-2-4-16-11-13(5-6-14(16)3-1)12-17-18-15(7-9-19-17)8-10-20-18/h1-6,8,10-12,17H,7,9H2/t17-/m0/s1. The van der Waals surface area contributed by atoms with Crippen molar-refractivity contribution in [2.24, 2.45) is 0 Å². The smallest absolute Gasteiger partial charge is 0.0994 e. The Morgan fingerprint density at radius 2 is 1.95 bits per heavy atom. The van der Waals surface area contributed by atoms with E-state index < -0.39 is 0 Å². The monoisotopic (exact) mass is 279 g/mol. The van der Waals surface area contributed by atoms with Gasteiger partial charge in [0.2, 0.25) is 0 Å². The molecule has 0 fully saturated rings. The Kier molecular flexibility index (Phi) is 3.06. The van der Waals surface area contributed by atoms with Crippen molar-refractivity contribution in [3.05, 3.63) is 76.3 Å². The maximum atomic E-state index is 5.93. The summed E-state index contributed by atoms with van der Waals surface area (Å²) in [6.45, 7) is 0.818. The van der Waals surface area contributed by atoms with Gasteiger partial charge >= 0.3 is 0 Å². The first-order valence-electron chi connectivity index (χ1n) is 6.92. The highest BCUT2D eigenvalue weighted by atomic mass is 32.1. The molecule has 20 heavy (non-hydrogen) atoms. The molecule has 1 radical (unpaired) electrons. The summed E-state index contributed by atoms with van der Waals surface area (Å²) in [5.41, 5.74) is 2.68. The molecule has 4 rings (SSSR count). The highest BCUT2D eigenvalue weighted by Crippen LogP contribution is 2.35.